The molecule has 2 fully saturated rings. The first-order chi connectivity index (χ1) is 12.1. The number of pyridine rings is 1. The molecule has 7 nitrogen and oxygen atoms in total. The summed E-state index contributed by atoms with van der Waals surface area (Å²) < 4.78 is 11.4. The zero-order valence-corrected chi connectivity index (χ0v) is 14.9. The van der Waals surface area contributed by atoms with E-state index >= 15 is 0 Å². The van der Waals surface area contributed by atoms with Crippen LogP contribution in [0.4, 0.5) is 0 Å². The van der Waals surface area contributed by atoms with E-state index in [1.807, 2.05) is 13.8 Å². The normalized spacial score (nSPS) is 19.2. The Morgan fingerprint density at radius 1 is 1.20 bits per heavy atom. The van der Waals surface area contributed by atoms with E-state index in [1.54, 1.807) is 21.9 Å². The van der Waals surface area contributed by atoms with Gasteiger partial charge in [0.05, 0.1) is 13.2 Å². The lowest BCUT2D eigenvalue weighted by molar-refractivity contribution is -0.181. The van der Waals surface area contributed by atoms with Gasteiger partial charge in [0.25, 0.3) is 11.8 Å². The number of likely N-dealkylation sites (tertiary alicyclic amines) is 1. The van der Waals surface area contributed by atoms with E-state index in [4.69, 9.17) is 9.47 Å². The Labute approximate surface area is 147 Å². The van der Waals surface area contributed by atoms with Crippen LogP contribution in [0.3, 0.4) is 0 Å². The van der Waals surface area contributed by atoms with E-state index in [2.05, 4.69) is 4.98 Å². The quantitative estimate of drug-likeness (QED) is 0.826. The molecule has 0 radical (unpaired) electrons. The fourth-order valence-corrected chi connectivity index (χ4v) is 3.37. The molecule has 0 unspecified atom stereocenters. The van der Waals surface area contributed by atoms with E-state index in [1.165, 1.54) is 6.20 Å². The third-order valence-electron chi connectivity index (χ3n) is 4.90. The molecule has 2 amide bonds. The summed E-state index contributed by atoms with van der Waals surface area (Å²) in [5.41, 5.74) is 0.806. The van der Waals surface area contributed by atoms with Crippen LogP contribution >= 0.6 is 0 Å². The first kappa shape index (κ1) is 17.8. The molecule has 0 saturated carbocycles. The molecule has 0 bridgehead atoms. The molecule has 2 aliphatic rings. The van der Waals surface area contributed by atoms with Gasteiger partial charge in [0.1, 0.15) is 5.69 Å². The van der Waals surface area contributed by atoms with Crippen molar-refractivity contribution in [3.05, 3.63) is 29.6 Å². The van der Waals surface area contributed by atoms with Gasteiger partial charge in [-0.25, -0.2) is 0 Å². The number of carbonyl (C=O) groups is 2. The summed E-state index contributed by atoms with van der Waals surface area (Å²) in [5, 5.41) is 0. The Bertz CT molecular complexity index is 629. The highest BCUT2D eigenvalue weighted by Gasteiger charge is 2.40. The van der Waals surface area contributed by atoms with E-state index in [0.717, 1.165) is 0 Å². The number of ether oxygens (including phenoxy) is 2. The van der Waals surface area contributed by atoms with Crippen molar-refractivity contribution in [2.45, 2.75) is 32.5 Å². The maximum atomic E-state index is 12.8. The molecule has 0 aliphatic carbocycles. The van der Waals surface area contributed by atoms with E-state index < -0.39 is 5.79 Å². The topological polar surface area (TPSA) is 72.0 Å². The van der Waals surface area contributed by atoms with Crippen LogP contribution in [0.25, 0.3) is 0 Å². The second-order valence-electron chi connectivity index (χ2n) is 6.31. The van der Waals surface area contributed by atoms with Crippen molar-refractivity contribution >= 4 is 11.8 Å². The number of amides is 2. The minimum atomic E-state index is -0.501. The lowest BCUT2D eigenvalue weighted by atomic mass is 10.0. The zero-order valence-electron chi connectivity index (χ0n) is 14.9. The second kappa shape index (κ2) is 7.49. The number of aromatic nitrogens is 1. The number of hydrogen-bond donors (Lipinski definition) is 0. The molecule has 2 aliphatic heterocycles. The molecule has 136 valence electrons. The maximum Gasteiger partial charge on any atom is 0.272 e. The first-order valence-electron chi connectivity index (χ1n) is 8.91. The van der Waals surface area contributed by atoms with Gasteiger partial charge in [-0.05, 0) is 26.0 Å². The highest BCUT2D eigenvalue weighted by Crippen LogP contribution is 2.31. The maximum absolute atomic E-state index is 12.8. The molecule has 1 aromatic heterocycles. The summed E-state index contributed by atoms with van der Waals surface area (Å²) in [6.07, 6.45) is 2.88. The predicted molar refractivity (Wildman–Crippen MR) is 91.3 cm³/mol. The molecule has 0 aromatic carbocycles. The highest BCUT2D eigenvalue weighted by atomic mass is 16.7. The van der Waals surface area contributed by atoms with Crippen molar-refractivity contribution in [2.75, 3.05) is 39.4 Å². The van der Waals surface area contributed by atoms with Crippen LogP contribution in [0.5, 0.6) is 0 Å². The smallest absolute Gasteiger partial charge is 0.272 e. The Kier molecular flexibility index (Phi) is 5.34. The highest BCUT2D eigenvalue weighted by molar-refractivity contribution is 5.98. The Morgan fingerprint density at radius 2 is 1.84 bits per heavy atom. The SMILES string of the molecule is CCN(CC)C(=O)c1cc(C(=O)N2CCC3(CC2)OCCO3)ccn1. The van der Waals surface area contributed by atoms with Crippen LogP contribution in [0.1, 0.15) is 47.5 Å². The number of rotatable bonds is 4. The molecule has 1 spiro atoms. The largest absolute Gasteiger partial charge is 0.347 e. The van der Waals surface area contributed by atoms with Gasteiger partial charge in [0.15, 0.2) is 5.79 Å². The van der Waals surface area contributed by atoms with Crippen molar-refractivity contribution in [3.63, 3.8) is 0 Å². The van der Waals surface area contributed by atoms with Gasteiger partial charge in [-0.3, -0.25) is 14.6 Å². The Morgan fingerprint density at radius 3 is 2.44 bits per heavy atom. The summed E-state index contributed by atoms with van der Waals surface area (Å²) in [5.74, 6) is -0.729. The predicted octanol–water partition coefficient (Wildman–Crippen LogP) is 1.54. The monoisotopic (exact) mass is 347 g/mol. The average molecular weight is 347 g/mol. The number of carbonyl (C=O) groups excluding carboxylic acids is 2. The summed E-state index contributed by atoms with van der Waals surface area (Å²) in [6, 6.07) is 3.25. The van der Waals surface area contributed by atoms with Crippen LogP contribution in [0.2, 0.25) is 0 Å². The molecule has 3 heterocycles. The third kappa shape index (κ3) is 3.67. The van der Waals surface area contributed by atoms with Crippen molar-refractivity contribution in [1.29, 1.82) is 0 Å². The van der Waals surface area contributed by atoms with Gasteiger partial charge in [0.2, 0.25) is 0 Å². The molecule has 1 aromatic rings. The molecule has 2 saturated heterocycles. The average Bonchev–Trinajstić information content (AvgIpc) is 3.11. The minimum Gasteiger partial charge on any atom is -0.347 e. The zero-order chi connectivity index (χ0) is 17.9. The fraction of sp³-hybridized carbons (Fsp3) is 0.611. The Balaban J connectivity index is 1.68. The van der Waals surface area contributed by atoms with Gasteiger partial charge in [-0.2, -0.15) is 0 Å². The van der Waals surface area contributed by atoms with Crippen LogP contribution in [0, 0.1) is 0 Å². The van der Waals surface area contributed by atoms with Crippen LogP contribution < -0.4 is 0 Å². The molecule has 3 rings (SSSR count). The van der Waals surface area contributed by atoms with Crippen molar-refractivity contribution < 1.29 is 19.1 Å². The fourth-order valence-electron chi connectivity index (χ4n) is 3.37. The van der Waals surface area contributed by atoms with Crippen molar-refractivity contribution in [3.8, 4) is 0 Å². The van der Waals surface area contributed by atoms with Gasteiger partial charge in [-0.1, -0.05) is 0 Å². The molecule has 0 atom stereocenters. The van der Waals surface area contributed by atoms with Crippen molar-refractivity contribution in [2.24, 2.45) is 0 Å². The summed E-state index contributed by atoms with van der Waals surface area (Å²) in [4.78, 5) is 32.8. The van der Waals surface area contributed by atoms with E-state index in [-0.39, 0.29) is 11.8 Å². The molecular weight excluding hydrogens is 322 g/mol. The Hall–Kier alpha value is -1.99. The summed E-state index contributed by atoms with van der Waals surface area (Å²) >= 11 is 0. The molecule has 7 heteroatoms. The van der Waals surface area contributed by atoms with Gasteiger partial charge < -0.3 is 19.3 Å². The van der Waals surface area contributed by atoms with E-state index in [0.29, 0.717) is 63.5 Å². The van der Waals surface area contributed by atoms with Crippen LogP contribution in [-0.2, 0) is 9.47 Å². The second-order valence-corrected chi connectivity index (χ2v) is 6.31. The first-order valence-corrected chi connectivity index (χ1v) is 8.91. The van der Waals surface area contributed by atoms with Gasteiger partial charge in [0, 0.05) is 50.8 Å². The van der Waals surface area contributed by atoms with Crippen LogP contribution in [-0.4, -0.2) is 71.8 Å². The lowest BCUT2D eigenvalue weighted by Gasteiger charge is -2.37. The third-order valence-corrected chi connectivity index (χ3v) is 4.90. The molecule has 0 N–H and O–H groups in total. The van der Waals surface area contributed by atoms with Gasteiger partial charge in [-0.15, -0.1) is 0 Å². The number of nitrogens with zero attached hydrogens (tertiary/aromatic N) is 3. The summed E-state index contributed by atoms with van der Waals surface area (Å²) in [6.45, 7) is 7.48. The number of piperidine rings is 1. The van der Waals surface area contributed by atoms with Crippen molar-refractivity contribution in [1.82, 2.24) is 14.8 Å². The lowest BCUT2D eigenvalue weighted by Crippen LogP contribution is -2.47. The summed E-state index contributed by atoms with van der Waals surface area (Å²) in [7, 11) is 0. The number of hydrogen-bond acceptors (Lipinski definition) is 5. The molecule has 25 heavy (non-hydrogen) atoms. The minimum absolute atomic E-state index is 0.0798. The molecular formula is C18H25N3O4. The van der Waals surface area contributed by atoms with Crippen LogP contribution in [0.15, 0.2) is 18.3 Å². The van der Waals surface area contributed by atoms with Gasteiger partial charge >= 0.3 is 0 Å². The van der Waals surface area contributed by atoms with E-state index in [9.17, 15) is 9.59 Å². The standard InChI is InChI=1S/C18H25N3O4/c1-3-20(4-2)17(23)15-13-14(5-8-19-15)16(22)21-9-6-18(7-10-21)24-11-12-25-18/h5,8,13H,3-4,6-7,9-12H2,1-2H3.